The highest BCUT2D eigenvalue weighted by Crippen LogP contribution is 2.33. The Hall–Kier alpha value is -1.46. The van der Waals surface area contributed by atoms with Crippen LogP contribution in [0.25, 0.3) is 10.2 Å². The highest BCUT2D eigenvalue weighted by molar-refractivity contribution is 7.16. The molecule has 2 heterocycles. The van der Waals surface area contributed by atoms with Crippen LogP contribution < -0.4 is 10.6 Å². The summed E-state index contributed by atoms with van der Waals surface area (Å²) in [5, 5.41) is 6.41. The van der Waals surface area contributed by atoms with E-state index in [9.17, 15) is 4.79 Å². The molecule has 1 aromatic heterocycles. The van der Waals surface area contributed by atoms with Crippen LogP contribution >= 0.6 is 11.3 Å². The van der Waals surface area contributed by atoms with Gasteiger partial charge in [-0.1, -0.05) is 13.3 Å². The van der Waals surface area contributed by atoms with E-state index in [0.717, 1.165) is 48.3 Å². The van der Waals surface area contributed by atoms with E-state index in [-0.39, 0.29) is 11.3 Å². The van der Waals surface area contributed by atoms with Crippen molar-refractivity contribution in [3.05, 3.63) is 23.7 Å². The normalized spacial score (nSPS) is 22.2. The molecular formula is C15H19N3OS. The van der Waals surface area contributed by atoms with Gasteiger partial charge in [0.05, 0.1) is 21.1 Å². The van der Waals surface area contributed by atoms with Gasteiger partial charge in [-0.25, -0.2) is 4.98 Å². The molecule has 1 amide bonds. The van der Waals surface area contributed by atoms with Gasteiger partial charge in [-0.2, -0.15) is 0 Å². The third-order valence-corrected chi connectivity index (χ3v) is 4.83. The predicted molar refractivity (Wildman–Crippen MR) is 83.1 cm³/mol. The topological polar surface area (TPSA) is 54.0 Å². The number of amides is 1. The summed E-state index contributed by atoms with van der Waals surface area (Å²) in [4.78, 5) is 16.9. The lowest BCUT2D eigenvalue weighted by molar-refractivity contribution is -0.125. The molecule has 3 rings (SSSR count). The second-order valence-corrected chi connectivity index (χ2v) is 6.33. The largest absolute Gasteiger partial charge is 0.326 e. The van der Waals surface area contributed by atoms with Gasteiger partial charge < -0.3 is 10.6 Å². The monoisotopic (exact) mass is 289 g/mol. The smallest absolute Gasteiger partial charge is 0.231 e. The summed E-state index contributed by atoms with van der Waals surface area (Å²) >= 11 is 1.60. The van der Waals surface area contributed by atoms with Crippen LogP contribution in [-0.4, -0.2) is 24.0 Å². The summed E-state index contributed by atoms with van der Waals surface area (Å²) in [7, 11) is 0. The van der Waals surface area contributed by atoms with E-state index in [2.05, 4.69) is 22.5 Å². The van der Waals surface area contributed by atoms with Crippen molar-refractivity contribution in [1.82, 2.24) is 10.3 Å². The van der Waals surface area contributed by atoms with Crippen LogP contribution in [0.5, 0.6) is 0 Å². The van der Waals surface area contributed by atoms with Crippen LogP contribution in [0, 0.1) is 5.41 Å². The number of thiazole rings is 1. The highest BCUT2D eigenvalue weighted by Gasteiger charge is 2.40. The minimum Gasteiger partial charge on any atom is -0.326 e. The lowest BCUT2D eigenvalue weighted by Gasteiger charge is -2.26. The predicted octanol–water partition coefficient (Wildman–Crippen LogP) is 3.01. The maximum Gasteiger partial charge on any atom is 0.231 e. The molecule has 0 bridgehead atoms. The summed E-state index contributed by atoms with van der Waals surface area (Å²) in [6.07, 6.45) is 2.90. The first-order valence-corrected chi connectivity index (χ1v) is 7.97. The number of nitrogens with zero attached hydrogens (tertiary/aromatic N) is 1. The number of fused-ring (bicyclic) bond motifs is 1. The second kappa shape index (κ2) is 5.50. The Balaban J connectivity index is 1.80. The van der Waals surface area contributed by atoms with E-state index in [1.807, 2.05) is 23.7 Å². The molecule has 4 nitrogen and oxygen atoms in total. The average Bonchev–Trinajstić information content (AvgIpc) is 3.08. The summed E-state index contributed by atoms with van der Waals surface area (Å²) < 4.78 is 1.11. The molecule has 1 aromatic carbocycles. The van der Waals surface area contributed by atoms with Crippen molar-refractivity contribution in [1.29, 1.82) is 0 Å². The Labute approximate surface area is 122 Å². The van der Waals surface area contributed by atoms with Crippen LogP contribution in [-0.2, 0) is 4.79 Å². The van der Waals surface area contributed by atoms with Gasteiger partial charge in [0.25, 0.3) is 0 Å². The molecule has 1 aliphatic rings. The van der Waals surface area contributed by atoms with Gasteiger partial charge in [0.1, 0.15) is 0 Å². The first-order valence-electron chi connectivity index (χ1n) is 7.09. The van der Waals surface area contributed by atoms with E-state index >= 15 is 0 Å². The highest BCUT2D eigenvalue weighted by atomic mass is 32.1. The van der Waals surface area contributed by atoms with Gasteiger partial charge in [-0.05, 0) is 37.6 Å². The molecule has 20 heavy (non-hydrogen) atoms. The molecule has 1 aliphatic heterocycles. The third kappa shape index (κ3) is 2.43. The molecule has 5 heteroatoms. The molecule has 1 unspecified atom stereocenters. The number of carbonyl (C=O) groups excluding carboxylic acids is 1. The summed E-state index contributed by atoms with van der Waals surface area (Å²) in [6.45, 7) is 3.85. The molecule has 2 aromatic rings. The van der Waals surface area contributed by atoms with E-state index in [0.29, 0.717) is 0 Å². The number of carbonyl (C=O) groups is 1. The van der Waals surface area contributed by atoms with Gasteiger partial charge in [0, 0.05) is 12.2 Å². The number of aromatic nitrogens is 1. The van der Waals surface area contributed by atoms with E-state index in [1.54, 1.807) is 11.3 Å². The van der Waals surface area contributed by atoms with Crippen LogP contribution in [0.3, 0.4) is 0 Å². The Morgan fingerprint density at radius 3 is 3.20 bits per heavy atom. The first-order chi connectivity index (χ1) is 9.73. The van der Waals surface area contributed by atoms with Crippen LogP contribution in [0.4, 0.5) is 5.69 Å². The molecule has 0 aliphatic carbocycles. The Morgan fingerprint density at radius 1 is 1.55 bits per heavy atom. The SMILES string of the molecule is CCCC1(C(=O)Nc2ccc3ncsc3c2)CCNC1. The van der Waals surface area contributed by atoms with Gasteiger partial charge in [-0.15, -0.1) is 11.3 Å². The second-order valence-electron chi connectivity index (χ2n) is 5.45. The number of hydrogen-bond donors (Lipinski definition) is 2. The van der Waals surface area contributed by atoms with Crippen molar-refractivity contribution < 1.29 is 4.79 Å². The van der Waals surface area contributed by atoms with Crippen molar-refractivity contribution in [3.63, 3.8) is 0 Å². The first kappa shape index (κ1) is 13.5. The summed E-state index contributed by atoms with van der Waals surface area (Å²) in [6, 6.07) is 5.90. The van der Waals surface area contributed by atoms with Crippen LogP contribution in [0.1, 0.15) is 26.2 Å². The van der Waals surface area contributed by atoms with Crippen molar-refractivity contribution in [2.75, 3.05) is 18.4 Å². The Morgan fingerprint density at radius 2 is 2.45 bits per heavy atom. The van der Waals surface area contributed by atoms with Crippen LogP contribution in [0.15, 0.2) is 23.7 Å². The van der Waals surface area contributed by atoms with Gasteiger partial charge in [0.2, 0.25) is 5.91 Å². The molecular weight excluding hydrogens is 270 g/mol. The van der Waals surface area contributed by atoms with Crippen LogP contribution in [0.2, 0.25) is 0 Å². The van der Waals surface area contributed by atoms with E-state index in [4.69, 9.17) is 0 Å². The maximum atomic E-state index is 12.6. The third-order valence-electron chi connectivity index (χ3n) is 4.04. The minimum atomic E-state index is -0.239. The molecule has 1 atom stereocenters. The van der Waals surface area contributed by atoms with Gasteiger partial charge >= 0.3 is 0 Å². The summed E-state index contributed by atoms with van der Waals surface area (Å²) in [5.41, 5.74) is 3.44. The summed E-state index contributed by atoms with van der Waals surface area (Å²) in [5.74, 6) is 0.146. The zero-order valence-corrected chi connectivity index (χ0v) is 12.4. The Bertz CT molecular complexity index is 616. The average molecular weight is 289 g/mol. The maximum absolute atomic E-state index is 12.6. The van der Waals surface area contributed by atoms with Crippen molar-refractivity contribution in [2.24, 2.45) is 5.41 Å². The van der Waals surface area contributed by atoms with Crippen molar-refractivity contribution in [2.45, 2.75) is 26.2 Å². The quantitative estimate of drug-likeness (QED) is 0.909. The molecule has 2 N–H and O–H groups in total. The fourth-order valence-electron chi connectivity index (χ4n) is 2.94. The van der Waals surface area contributed by atoms with E-state index < -0.39 is 0 Å². The van der Waals surface area contributed by atoms with E-state index in [1.165, 1.54) is 0 Å². The number of hydrogen-bond acceptors (Lipinski definition) is 4. The van der Waals surface area contributed by atoms with Crippen molar-refractivity contribution in [3.8, 4) is 0 Å². The fourth-order valence-corrected chi connectivity index (χ4v) is 3.66. The number of benzene rings is 1. The molecule has 106 valence electrons. The standard InChI is InChI=1S/C15H19N3OS/c1-2-5-15(6-7-16-9-15)14(19)18-11-3-4-12-13(8-11)20-10-17-12/h3-4,8,10,16H,2,5-7,9H2,1H3,(H,18,19). The fraction of sp³-hybridized carbons (Fsp3) is 0.467. The lowest BCUT2D eigenvalue weighted by atomic mass is 9.81. The lowest BCUT2D eigenvalue weighted by Crippen LogP contribution is -2.38. The minimum absolute atomic E-state index is 0.146. The molecule has 0 radical (unpaired) electrons. The Kier molecular flexibility index (Phi) is 3.72. The zero-order valence-electron chi connectivity index (χ0n) is 11.6. The molecule has 1 fully saturated rings. The zero-order chi connectivity index (χ0) is 14.0. The molecule has 0 spiro atoms. The number of nitrogens with one attached hydrogen (secondary N) is 2. The van der Waals surface area contributed by atoms with Gasteiger partial charge in [0.15, 0.2) is 0 Å². The van der Waals surface area contributed by atoms with Crippen molar-refractivity contribution >= 4 is 33.1 Å². The number of anilines is 1. The van der Waals surface area contributed by atoms with Gasteiger partial charge in [-0.3, -0.25) is 4.79 Å². The molecule has 0 saturated carbocycles. The molecule has 1 saturated heterocycles. The number of rotatable bonds is 4.